The summed E-state index contributed by atoms with van der Waals surface area (Å²) in [5.41, 5.74) is 4.64. The Balaban J connectivity index is 3.32. The van der Waals surface area contributed by atoms with Crippen molar-refractivity contribution in [2.75, 3.05) is 12.3 Å². The third-order valence-electron chi connectivity index (χ3n) is 2.07. The van der Waals surface area contributed by atoms with E-state index in [2.05, 4.69) is 4.98 Å². The number of nitrogens with two attached hydrogens (primary N) is 1. The Morgan fingerprint density at radius 2 is 2.29 bits per heavy atom. The number of aromatic nitrogens is 1. The second-order valence-corrected chi connectivity index (χ2v) is 3.37. The van der Waals surface area contributed by atoms with Crippen LogP contribution < -0.4 is 5.73 Å². The van der Waals surface area contributed by atoms with Crippen molar-refractivity contribution in [3.05, 3.63) is 23.0 Å². The molecule has 0 saturated heterocycles. The van der Waals surface area contributed by atoms with Gasteiger partial charge in [-0.15, -0.1) is 11.6 Å². The quantitative estimate of drug-likeness (QED) is 0.670. The van der Waals surface area contributed by atoms with E-state index in [1.54, 1.807) is 6.92 Å². The molecule has 7 heteroatoms. The zero-order valence-corrected chi connectivity index (χ0v) is 9.80. The number of halogens is 3. The second-order valence-electron chi connectivity index (χ2n) is 3.10. The van der Waals surface area contributed by atoms with E-state index in [0.29, 0.717) is 0 Å². The predicted octanol–water partition coefficient (Wildman–Crippen LogP) is 2.52. The first-order valence-electron chi connectivity index (χ1n) is 4.81. The van der Waals surface area contributed by atoms with Gasteiger partial charge in [-0.05, 0) is 6.92 Å². The van der Waals surface area contributed by atoms with Gasteiger partial charge in [-0.25, -0.2) is 13.6 Å². The highest BCUT2D eigenvalue weighted by Crippen LogP contribution is 2.29. The number of hydrogen-bond acceptors (Lipinski definition) is 4. The lowest BCUT2D eigenvalue weighted by atomic mass is 10.1. The monoisotopic (exact) mass is 264 g/mol. The Morgan fingerprint density at radius 1 is 1.65 bits per heavy atom. The zero-order valence-electron chi connectivity index (χ0n) is 9.04. The van der Waals surface area contributed by atoms with E-state index in [4.69, 9.17) is 22.1 Å². The number of carbonyl (C=O) groups excluding carboxylic acids is 1. The van der Waals surface area contributed by atoms with Gasteiger partial charge in [0.05, 0.1) is 29.4 Å². The third-order valence-corrected chi connectivity index (χ3v) is 2.32. The third kappa shape index (κ3) is 2.82. The molecule has 0 unspecified atom stereocenters. The molecule has 0 aliphatic rings. The number of hydrogen-bond donors (Lipinski definition) is 1. The molecule has 94 valence electrons. The number of nitrogens with zero attached hydrogens (tertiary/aromatic N) is 1. The van der Waals surface area contributed by atoms with Crippen LogP contribution in [0.4, 0.5) is 14.5 Å². The van der Waals surface area contributed by atoms with Crippen molar-refractivity contribution in [1.29, 1.82) is 0 Å². The van der Waals surface area contributed by atoms with Crippen molar-refractivity contribution < 1.29 is 18.3 Å². The molecule has 17 heavy (non-hydrogen) atoms. The first kappa shape index (κ1) is 13.6. The van der Waals surface area contributed by atoms with E-state index in [-0.39, 0.29) is 29.4 Å². The smallest absolute Gasteiger partial charge is 0.342 e. The molecule has 0 spiro atoms. The van der Waals surface area contributed by atoms with Crippen molar-refractivity contribution in [3.63, 3.8) is 0 Å². The lowest BCUT2D eigenvalue weighted by Crippen LogP contribution is -2.14. The Kier molecular flexibility index (Phi) is 4.62. The van der Waals surface area contributed by atoms with Gasteiger partial charge < -0.3 is 10.5 Å². The molecule has 2 N–H and O–H groups in total. The van der Waals surface area contributed by atoms with Crippen LogP contribution in [-0.4, -0.2) is 17.6 Å². The number of ether oxygens (including phenoxy) is 1. The van der Waals surface area contributed by atoms with Gasteiger partial charge >= 0.3 is 5.97 Å². The molecule has 0 aliphatic heterocycles. The maximum atomic E-state index is 12.6. The molecular formula is C10H11ClF2N2O2. The van der Waals surface area contributed by atoms with E-state index in [0.717, 1.165) is 6.20 Å². The zero-order chi connectivity index (χ0) is 13.0. The summed E-state index contributed by atoms with van der Waals surface area (Å²) in [5, 5.41) is 0. The molecule has 0 atom stereocenters. The van der Waals surface area contributed by atoms with Crippen LogP contribution in [0.25, 0.3) is 0 Å². The lowest BCUT2D eigenvalue weighted by Gasteiger charge is -2.12. The summed E-state index contributed by atoms with van der Waals surface area (Å²) in [7, 11) is 0. The summed E-state index contributed by atoms with van der Waals surface area (Å²) in [6, 6.07) is 0. The van der Waals surface area contributed by atoms with Gasteiger partial charge in [-0.3, -0.25) is 4.98 Å². The fraction of sp³-hybridized carbons (Fsp3) is 0.400. The second kappa shape index (κ2) is 5.77. The number of alkyl halides is 3. The van der Waals surface area contributed by atoms with Gasteiger partial charge in [-0.2, -0.15) is 0 Å². The molecular weight excluding hydrogens is 254 g/mol. The van der Waals surface area contributed by atoms with Crippen LogP contribution in [0.5, 0.6) is 0 Å². The highest BCUT2D eigenvalue weighted by Gasteiger charge is 2.23. The van der Waals surface area contributed by atoms with Gasteiger partial charge in [0.1, 0.15) is 5.56 Å². The van der Waals surface area contributed by atoms with Gasteiger partial charge in [-0.1, -0.05) is 0 Å². The van der Waals surface area contributed by atoms with Crippen LogP contribution >= 0.6 is 11.6 Å². The topological polar surface area (TPSA) is 65.2 Å². The number of nitrogen functional groups attached to an aromatic ring is 1. The average Bonchev–Trinajstić information content (AvgIpc) is 2.27. The van der Waals surface area contributed by atoms with E-state index in [9.17, 15) is 13.6 Å². The number of anilines is 1. The average molecular weight is 265 g/mol. The van der Waals surface area contributed by atoms with Crippen molar-refractivity contribution in [2.24, 2.45) is 0 Å². The summed E-state index contributed by atoms with van der Waals surface area (Å²) in [6.45, 7) is 1.71. The van der Waals surface area contributed by atoms with Crippen molar-refractivity contribution in [1.82, 2.24) is 4.98 Å². The number of esters is 1. The van der Waals surface area contributed by atoms with E-state index >= 15 is 0 Å². The summed E-state index contributed by atoms with van der Waals surface area (Å²) in [4.78, 5) is 15.3. The Labute approximate surface area is 102 Å². The fourth-order valence-electron chi connectivity index (χ4n) is 1.29. The molecule has 1 aromatic heterocycles. The van der Waals surface area contributed by atoms with Gasteiger partial charge in [0.25, 0.3) is 6.43 Å². The van der Waals surface area contributed by atoms with Crippen LogP contribution in [0.15, 0.2) is 6.20 Å². The van der Waals surface area contributed by atoms with Crippen molar-refractivity contribution >= 4 is 23.3 Å². The molecule has 0 saturated carbocycles. The number of carbonyl (C=O) groups is 1. The molecule has 1 heterocycles. The summed E-state index contributed by atoms with van der Waals surface area (Å²) >= 11 is 5.57. The normalized spacial score (nSPS) is 10.6. The van der Waals surface area contributed by atoms with Crippen LogP contribution in [0.3, 0.4) is 0 Å². The Hall–Kier alpha value is -1.43. The molecule has 0 aromatic carbocycles. The molecule has 0 aliphatic carbocycles. The molecule has 1 rings (SSSR count). The lowest BCUT2D eigenvalue weighted by molar-refractivity contribution is 0.0525. The van der Waals surface area contributed by atoms with Crippen LogP contribution in [0, 0.1) is 0 Å². The summed E-state index contributed by atoms with van der Waals surface area (Å²) in [5.74, 6) is -0.905. The first-order chi connectivity index (χ1) is 8.02. The van der Waals surface area contributed by atoms with Crippen molar-refractivity contribution in [2.45, 2.75) is 19.2 Å². The summed E-state index contributed by atoms with van der Waals surface area (Å²) < 4.78 is 29.9. The standard InChI is InChI=1S/C10H11ClF2N2O2/c1-2-17-10(16)7-6(3-11)15-4-5(8(7)14)9(12)13/h4,9H,2-3H2,1H3,(H2,14,15). The maximum absolute atomic E-state index is 12.6. The minimum atomic E-state index is -2.81. The Bertz CT molecular complexity index is 427. The largest absolute Gasteiger partial charge is 0.462 e. The molecule has 0 bridgehead atoms. The molecule has 4 nitrogen and oxygen atoms in total. The highest BCUT2D eigenvalue weighted by atomic mass is 35.5. The molecule has 0 fully saturated rings. The van der Waals surface area contributed by atoms with Gasteiger partial charge in [0.2, 0.25) is 0 Å². The molecule has 0 amide bonds. The van der Waals surface area contributed by atoms with Gasteiger partial charge in [0.15, 0.2) is 0 Å². The van der Waals surface area contributed by atoms with E-state index in [1.165, 1.54) is 0 Å². The van der Waals surface area contributed by atoms with Crippen LogP contribution in [-0.2, 0) is 10.6 Å². The maximum Gasteiger partial charge on any atom is 0.342 e. The predicted molar refractivity (Wildman–Crippen MR) is 59.1 cm³/mol. The number of pyridine rings is 1. The molecule has 0 radical (unpaired) electrons. The minimum Gasteiger partial charge on any atom is -0.462 e. The Morgan fingerprint density at radius 3 is 2.76 bits per heavy atom. The number of rotatable bonds is 4. The summed E-state index contributed by atoms with van der Waals surface area (Å²) in [6.07, 6.45) is -1.89. The van der Waals surface area contributed by atoms with E-state index < -0.39 is 18.0 Å². The van der Waals surface area contributed by atoms with Gasteiger partial charge in [0, 0.05) is 6.20 Å². The first-order valence-corrected chi connectivity index (χ1v) is 5.34. The van der Waals surface area contributed by atoms with E-state index in [1.807, 2.05) is 0 Å². The van der Waals surface area contributed by atoms with Crippen molar-refractivity contribution in [3.8, 4) is 0 Å². The SMILES string of the molecule is CCOC(=O)c1c(CCl)ncc(C(F)F)c1N. The fourth-order valence-corrected chi connectivity index (χ4v) is 1.49. The van der Waals surface area contributed by atoms with Crippen LogP contribution in [0.1, 0.15) is 35.0 Å². The highest BCUT2D eigenvalue weighted by molar-refractivity contribution is 6.17. The van der Waals surface area contributed by atoms with Crippen LogP contribution in [0.2, 0.25) is 0 Å². The molecule has 1 aromatic rings. The minimum absolute atomic E-state index is 0.109.